The summed E-state index contributed by atoms with van der Waals surface area (Å²) in [5, 5.41) is 22.3. The van der Waals surface area contributed by atoms with Gasteiger partial charge in [-0.15, -0.1) is 0 Å². The summed E-state index contributed by atoms with van der Waals surface area (Å²) < 4.78 is 20.1. The Balaban J connectivity index is 1.20. The van der Waals surface area contributed by atoms with E-state index in [9.17, 15) is 24.6 Å². The van der Waals surface area contributed by atoms with Gasteiger partial charge in [0.25, 0.3) is 0 Å². The molecule has 1 fully saturated rings. The van der Waals surface area contributed by atoms with E-state index < -0.39 is 47.9 Å². The monoisotopic (exact) mass is 778 g/mol. The second kappa shape index (κ2) is 18.3. The molecule has 0 bridgehead atoms. The lowest BCUT2D eigenvalue weighted by Crippen LogP contribution is -2.51. The van der Waals surface area contributed by atoms with Crippen LogP contribution in [0.1, 0.15) is 44.6 Å². The van der Waals surface area contributed by atoms with Crippen LogP contribution in [0.4, 0.5) is 0 Å². The van der Waals surface area contributed by atoms with Crippen LogP contribution >= 0.6 is 0 Å². The van der Waals surface area contributed by atoms with Crippen molar-refractivity contribution in [3.8, 4) is 5.75 Å². The Morgan fingerprint density at radius 3 is 2.19 bits per heavy atom. The molecule has 4 atom stereocenters. The summed E-state index contributed by atoms with van der Waals surface area (Å²) in [4.78, 5) is 43.5. The summed E-state index contributed by atoms with van der Waals surface area (Å²) >= 11 is 0. The average molecular weight is 779 g/mol. The van der Waals surface area contributed by atoms with Crippen molar-refractivity contribution < 1.29 is 38.8 Å². The number of aromatic hydroxyl groups is 1. The van der Waals surface area contributed by atoms with Crippen LogP contribution in [-0.2, 0) is 42.4 Å². The van der Waals surface area contributed by atoms with Gasteiger partial charge >= 0.3 is 5.97 Å². The molecule has 1 heterocycles. The van der Waals surface area contributed by atoms with E-state index in [1.165, 1.54) is 4.90 Å². The van der Waals surface area contributed by atoms with E-state index in [-0.39, 0.29) is 31.7 Å². The number of nitrogens with zero attached hydrogens (tertiary/aromatic N) is 1. The summed E-state index contributed by atoms with van der Waals surface area (Å²) in [6, 6.07) is 41.7. The minimum atomic E-state index is -1.39. The number of hydrogen-bond donors (Lipinski definition) is 3. The maximum absolute atomic E-state index is 14.5. The number of ether oxygens (including phenoxy) is 3. The van der Waals surface area contributed by atoms with E-state index in [0.29, 0.717) is 17.6 Å². The highest BCUT2D eigenvalue weighted by molar-refractivity contribution is 5.97. The number of para-hydroxylation sites is 1. The fraction of sp³-hybridized carbons (Fsp3) is 0.229. The maximum Gasteiger partial charge on any atom is 0.338 e. The van der Waals surface area contributed by atoms with Crippen molar-refractivity contribution in [1.82, 2.24) is 10.2 Å². The number of fused-ring (bicyclic) bond motifs is 1. The van der Waals surface area contributed by atoms with Crippen molar-refractivity contribution in [2.75, 3.05) is 20.2 Å². The molecule has 58 heavy (non-hydrogen) atoms. The second-order valence-corrected chi connectivity index (χ2v) is 14.4. The molecule has 10 heteroatoms. The fourth-order valence-electron chi connectivity index (χ4n) is 7.47. The van der Waals surface area contributed by atoms with E-state index in [4.69, 9.17) is 14.2 Å². The lowest BCUT2D eigenvalue weighted by Gasteiger charge is -2.33. The molecule has 3 N–H and O–H groups in total. The molecule has 0 aromatic heterocycles. The number of aliphatic hydroxyl groups excluding tert-OH is 1. The highest BCUT2D eigenvalue weighted by Gasteiger charge is 2.55. The van der Waals surface area contributed by atoms with Crippen molar-refractivity contribution in [1.29, 1.82) is 0 Å². The molecule has 4 unspecified atom stereocenters. The number of carbonyl (C=O) groups excluding carboxylic acids is 3. The van der Waals surface area contributed by atoms with Gasteiger partial charge in [-0.05, 0) is 47.4 Å². The lowest BCUT2D eigenvalue weighted by molar-refractivity contribution is -0.157. The van der Waals surface area contributed by atoms with Gasteiger partial charge in [0.2, 0.25) is 17.6 Å². The summed E-state index contributed by atoms with van der Waals surface area (Å²) in [5.74, 6) is -2.62. The quantitative estimate of drug-likeness (QED) is 0.111. The van der Waals surface area contributed by atoms with Crippen LogP contribution in [0.25, 0.3) is 6.08 Å². The first-order valence-corrected chi connectivity index (χ1v) is 19.4. The Bertz CT molecular complexity index is 2220. The number of benzene rings is 5. The number of hydrogen-bond acceptors (Lipinski definition) is 8. The number of esters is 1. The predicted octanol–water partition coefficient (Wildman–Crippen LogP) is 6.37. The third-order valence-electron chi connectivity index (χ3n) is 10.5. The van der Waals surface area contributed by atoms with Gasteiger partial charge in [0.1, 0.15) is 30.1 Å². The molecular formula is C48H46N2O8. The zero-order valence-electron chi connectivity index (χ0n) is 32.1. The number of likely N-dealkylation sites (N-methyl/N-ethyl adjacent to an activating group) is 1. The maximum atomic E-state index is 14.5. The van der Waals surface area contributed by atoms with E-state index in [1.54, 1.807) is 43.5 Å². The van der Waals surface area contributed by atoms with Crippen molar-refractivity contribution in [3.05, 3.63) is 191 Å². The van der Waals surface area contributed by atoms with Gasteiger partial charge in [-0.2, -0.15) is 0 Å². The average Bonchev–Trinajstić information content (AvgIpc) is 3.67. The standard InChI is InChI=1S/C48H46N2O8/c1-50(40(45(53)49-27-28-51)30-34-15-5-2-6-16-34)46(54)37-31-42(56-47(55)36-21-14-18-33(29-36)17-13-20-35-19-11-12-26-41(35)52)44-43(32-37)57-48(58-44,38-22-7-3-8-23-38)39-24-9-4-10-25-39/h2-19,21-26,29,32,40,42-44,51-52H,20,27-28,30-31H2,1H3,(H,49,53). The predicted molar refractivity (Wildman–Crippen MR) is 219 cm³/mol. The van der Waals surface area contributed by atoms with Crippen LogP contribution in [0.2, 0.25) is 0 Å². The van der Waals surface area contributed by atoms with Gasteiger partial charge in [0.15, 0.2) is 0 Å². The van der Waals surface area contributed by atoms with Gasteiger partial charge in [-0.3, -0.25) is 9.59 Å². The topological polar surface area (TPSA) is 135 Å². The van der Waals surface area contributed by atoms with Crippen molar-refractivity contribution in [2.24, 2.45) is 0 Å². The summed E-state index contributed by atoms with van der Waals surface area (Å²) in [7, 11) is 1.57. The van der Waals surface area contributed by atoms with E-state index in [1.807, 2.05) is 121 Å². The van der Waals surface area contributed by atoms with E-state index in [2.05, 4.69) is 5.32 Å². The molecule has 2 amide bonds. The Kier molecular flexibility index (Phi) is 12.6. The third-order valence-corrected chi connectivity index (χ3v) is 10.5. The van der Waals surface area contributed by atoms with Crippen LogP contribution in [0.5, 0.6) is 5.75 Å². The van der Waals surface area contributed by atoms with Crippen molar-refractivity contribution >= 4 is 23.9 Å². The van der Waals surface area contributed by atoms with E-state index >= 15 is 0 Å². The van der Waals surface area contributed by atoms with Gasteiger partial charge < -0.3 is 34.6 Å². The Hall–Kier alpha value is -6.33. The Morgan fingerprint density at radius 1 is 0.862 bits per heavy atom. The molecular weight excluding hydrogens is 733 g/mol. The second-order valence-electron chi connectivity index (χ2n) is 14.4. The SMILES string of the molecule is CN(C(=O)C1=CC2OC(c3ccccc3)(c3ccccc3)OC2C(OC(=O)c2cccc(C=CCc3ccccc3O)c2)C1)C(Cc1ccccc1)C(=O)NCCO. The zero-order chi connectivity index (χ0) is 40.5. The normalized spacial score (nSPS) is 18.8. The molecule has 296 valence electrons. The minimum absolute atomic E-state index is 0.00439. The number of rotatable bonds is 14. The van der Waals surface area contributed by atoms with Crippen LogP contribution in [-0.4, -0.2) is 77.4 Å². The summed E-state index contributed by atoms with van der Waals surface area (Å²) in [6.07, 6.45) is 3.66. The molecule has 5 aromatic rings. The largest absolute Gasteiger partial charge is 0.508 e. The van der Waals surface area contributed by atoms with Crippen LogP contribution in [0.3, 0.4) is 0 Å². The molecule has 10 nitrogen and oxygen atoms in total. The van der Waals surface area contributed by atoms with E-state index in [0.717, 1.165) is 27.8 Å². The Labute approximate surface area is 338 Å². The number of nitrogens with one attached hydrogen (secondary N) is 1. The number of amides is 2. The molecule has 1 aliphatic carbocycles. The first-order chi connectivity index (χ1) is 28.3. The smallest absolute Gasteiger partial charge is 0.338 e. The molecule has 0 saturated carbocycles. The zero-order valence-corrected chi connectivity index (χ0v) is 32.1. The van der Waals surface area contributed by atoms with Crippen LogP contribution in [0.15, 0.2) is 157 Å². The van der Waals surface area contributed by atoms with Gasteiger partial charge in [-0.25, -0.2) is 4.79 Å². The number of phenolic OH excluding ortho intramolecular Hbond substituents is 1. The lowest BCUT2D eigenvalue weighted by atomic mass is 9.90. The number of allylic oxidation sites excluding steroid dienone is 1. The molecule has 0 spiro atoms. The van der Waals surface area contributed by atoms with Crippen LogP contribution < -0.4 is 5.32 Å². The highest BCUT2D eigenvalue weighted by Crippen LogP contribution is 2.47. The molecule has 0 radical (unpaired) electrons. The number of carbonyl (C=O) groups is 3. The molecule has 1 aliphatic heterocycles. The minimum Gasteiger partial charge on any atom is -0.508 e. The Morgan fingerprint density at radius 2 is 1.52 bits per heavy atom. The molecule has 2 aliphatic rings. The van der Waals surface area contributed by atoms with Crippen LogP contribution in [0, 0.1) is 0 Å². The molecule has 5 aromatic carbocycles. The van der Waals surface area contributed by atoms with Crippen molar-refractivity contribution in [3.63, 3.8) is 0 Å². The van der Waals surface area contributed by atoms with Gasteiger partial charge in [0, 0.05) is 43.1 Å². The summed E-state index contributed by atoms with van der Waals surface area (Å²) in [6.45, 7) is -0.210. The van der Waals surface area contributed by atoms with Gasteiger partial charge in [-0.1, -0.05) is 133 Å². The molecule has 7 rings (SSSR count). The number of phenols is 1. The fourth-order valence-corrected chi connectivity index (χ4v) is 7.47. The highest BCUT2D eigenvalue weighted by atomic mass is 16.8. The third kappa shape index (κ3) is 8.95. The van der Waals surface area contributed by atoms with Gasteiger partial charge in [0.05, 0.1) is 12.2 Å². The van der Waals surface area contributed by atoms with Crippen molar-refractivity contribution in [2.45, 2.75) is 49.4 Å². The first kappa shape index (κ1) is 39.9. The molecule has 1 saturated heterocycles. The number of aliphatic hydroxyl groups is 1. The first-order valence-electron chi connectivity index (χ1n) is 19.4. The summed E-state index contributed by atoms with van der Waals surface area (Å²) in [5.41, 5.74) is 4.46.